The monoisotopic (exact) mass is 247 g/mol. The summed E-state index contributed by atoms with van der Waals surface area (Å²) in [6.07, 6.45) is 1.58. The van der Waals surface area contributed by atoms with Crippen molar-refractivity contribution in [1.29, 1.82) is 0 Å². The second-order valence-electron chi connectivity index (χ2n) is 3.72. The van der Waals surface area contributed by atoms with E-state index in [1.165, 1.54) is 6.92 Å². The summed E-state index contributed by atoms with van der Waals surface area (Å²) in [5.74, 6) is 0.690. The molecule has 0 aliphatic rings. The van der Waals surface area contributed by atoms with Crippen molar-refractivity contribution in [3.05, 3.63) is 36.0 Å². The second-order valence-corrected chi connectivity index (χ2v) is 3.72. The zero-order chi connectivity index (χ0) is 13.0. The molecule has 0 atom stereocenters. The van der Waals surface area contributed by atoms with Gasteiger partial charge in [0.05, 0.1) is 7.11 Å². The number of rotatable bonds is 4. The van der Waals surface area contributed by atoms with Gasteiger partial charge in [-0.3, -0.25) is 4.52 Å². The van der Waals surface area contributed by atoms with Crippen LogP contribution in [0.3, 0.4) is 0 Å². The molecule has 6 nitrogen and oxygen atoms in total. The Bertz CT molecular complexity index is 542. The zero-order valence-electron chi connectivity index (χ0n) is 10.2. The largest absolute Gasteiger partial charge is 0.862 e. The van der Waals surface area contributed by atoms with E-state index in [2.05, 4.69) is 10.3 Å². The molecule has 0 N–H and O–H groups in total. The summed E-state index contributed by atoms with van der Waals surface area (Å²) in [5.41, 5.74) is 1.04. The van der Waals surface area contributed by atoms with Gasteiger partial charge in [-0.2, -0.15) is 0 Å². The summed E-state index contributed by atoms with van der Waals surface area (Å²) >= 11 is 0. The van der Waals surface area contributed by atoms with E-state index in [1.807, 2.05) is 24.3 Å². The van der Waals surface area contributed by atoms with Crippen LogP contribution in [0.25, 0.3) is 0 Å². The van der Waals surface area contributed by atoms with Crippen LogP contribution in [0.15, 0.2) is 40.0 Å². The van der Waals surface area contributed by atoms with Gasteiger partial charge in [0.2, 0.25) is 11.8 Å². The van der Waals surface area contributed by atoms with Gasteiger partial charge in [-0.05, 0) is 41.8 Å². The predicted octanol–water partition coefficient (Wildman–Crippen LogP) is 0.429. The quantitative estimate of drug-likeness (QED) is 0.446. The lowest BCUT2D eigenvalue weighted by Gasteiger charge is -1.98. The van der Waals surface area contributed by atoms with E-state index in [0.29, 0.717) is 6.54 Å². The molecule has 0 aliphatic heterocycles. The lowest BCUT2D eigenvalue weighted by molar-refractivity contribution is -0.754. The molecule has 0 fully saturated rings. The van der Waals surface area contributed by atoms with Crippen molar-refractivity contribution in [2.45, 2.75) is 13.5 Å². The molecule has 1 aromatic carbocycles. The molecule has 0 unspecified atom stereocenters. The van der Waals surface area contributed by atoms with Gasteiger partial charge >= 0.3 is 5.88 Å². The number of benzene rings is 1. The maximum atomic E-state index is 10.8. The lowest BCUT2D eigenvalue weighted by Crippen LogP contribution is -2.34. The van der Waals surface area contributed by atoms with E-state index < -0.39 is 0 Å². The Morgan fingerprint density at radius 3 is 2.78 bits per heavy atom. The third-order valence-corrected chi connectivity index (χ3v) is 2.27. The molecule has 0 spiro atoms. The highest BCUT2D eigenvalue weighted by molar-refractivity contribution is 5.70. The highest BCUT2D eigenvalue weighted by Crippen LogP contribution is 2.11. The number of ether oxygens (including phenoxy) is 1. The first-order chi connectivity index (χ1) is 8.67. The maximum Gasteiger partial charge on any atom is 0.320 e. The standard InChI is InChI=1S/C12H13N3O3/c1-9(16)13-12-8-15(14-18-12)7-10-3-5-11(17-2)6-4-10/h3-6,8H,7H2,1-2H3. The molecule has 6 heteroatoms. The van der Waals surface area contributed by atoms with Gasteiger partial charge in [0, 0.05) is 5.56 Å². The van der Waals surface area contributed by atoms with Crippen LogP contribution in [0.1, 0.15) is 12.5 Å². The van der Waals surface area contributed by atoms with Gasteiger partial charge in [0.15, 0.2) is 0 Å². The van der Waals surface area contributed by atoms with Crippen LogP contribution in [-0.2, 0) is 6.54 Å². The van der Waals surface area contributed by atoms with Crippen molar-refractivity contribution in [3.8, 4) is 5.75 Å². The number of nitrogens with zero attached hydrogens (tertiary/aromatic N) is 3. The van der Waals surface area contributed by atoms with E-state index in [-0.39, 0.29) is 11.8 Å². The van der Waals surface area contributed by atoms with Gasteiger partial charge in [0.25, 0.3) is 6.20 Å². The Labute approximate surface area is 104 Å². The second kappa shape index (κ2) is 5.31. The summed E-state index contributed by atoms with van der Waals surface area (Å²) < 4.78 is 11.5. The molecular formula is C12H13N3O3. The predicted molar refractivity (Wildman–Crippen MR) is 61.6 cm³/mol. The van der Waals surface area contributed by atoms with Crippen molar-refractivity contribution in [2.24, 2.45) is 4.99 Å². The molecule has 0 saturated carbocycles. The molecule has 2 aromatic rings. The van der Waals surface area contributed by atoms with Gasteiger partial charge in [-0.15, -0.1) is 0 Å². The Morgan fingerprint density at radius 1 is 1.44 bits per heavy atom. The number of hydrogen-bond acceptors (Lipinski definition) is 5. The summed E-state index contributed by atoms with van der Waals surface area (Å²) in [6.45, 7) is 1.90. The molecule has 2 rings (SSSR count). The zero-order valence-corrected chi connectivity index (χ0v) is 10.2. The number of methoxy groups -OCH3 is 1. The SMILES string of the molecule is COc1ccc(C[n+]2cc(/N=C(/C)[O-])on2)cc1. The topological polar surface area (TPSA) is 74.6 Å². The maximum absolute atomic E-state index is 10.8. The van der Waals surface area contributed by atoms with Crippen LogP contribution in [-0.4, -0.2) is 18.3 Å². The molecule has 0 saturated heterocycles. The lowest BCUT2D eigenvalue weighted by atomic mass is 10.2. The average molecular weight is 247 g/mol. The molecule has 0 amide bonds. The molecule has 1 aromatic heterocycles. The van der Waals surface area contributed by atoms with Gasteiger partial charge in [-0.25, -0.2) is 4.99 Å². The minimum atomic E-state index is -0.317. The van der Waals surface area contributed by atoms with Crippen LogP contribution in [0.4, 0.5) is 5.88 Å². The highest BCUT2D eigenvalue weighted by atomic mass is 16.5. The smallest absolute Gasteiger partial charge is 0.320 e. The third kappa shape index (κ3) is 3.07. The Kier molecular flexibility index (Phi) is 3.57. The van der Waals surface area contributed by atoms with Crippen molar-refractivity contribution in [2.75, 3.05) is 7.11 Å². The molecule has 0 aliphatic carbocycles. The van der Waals surface area contributed by atoms with Gasteiger partial charge in [-0.1, -0.05) is 0 Å². The van der Waals surface area contributed by atoms with E-state index >= 15 is 0 Å². The first-order valence-corrected chi connectivity index (χ1v) is 5.39. The third-order valence-electron chi connectivity index (χ3n) is 2.27. The van der Waals surface area contributed by atoms with Crippen LogP contribution < -0.4 is 14.5 Å². The molecule has 1 heterocycles. The normalized spacial score (nSPS) is 11.6. The van der Waals surface area contributed by atoms with Gasteiger partial charge in [0.1, 0.15) is 5.75 Å². The van der Waals surface area contributed by atoms with Crippen molar-refractivity contribution in [3.63, 3.8) is 0 Å². The fraction of sp³-hybridized carbons (Fsp3) is 0.250. The molecule has 0 bridgehead atoms. The van der Waals surface area contributed by atoms with Crippen molar-refractivity contribution >= 4 is 11.8 Å². The van der Waals surface area contributed by atoms with E-state index in [4.69, 9.17) is 9.26 Å². The van der Waals surface area contributed by atoms with Gasteiger partial charge < -0.3 is 9.84 Å². The van der Waals surface area contributed by atoms with Crippen LogP contribution in [0, 0.1) is 0 Å². The number of aliphatic imine (C=N–C) groups is 1. The summed E-state index contributed by atoms with van der Waals surface area (Å²) in [6, 6.07) is 7.61. The van der Waals surface area contributed by atoms with Crippen LogP contribution >= 0.6 is 0 Å². The molecule has 0 radical (unpaired) electrons. The highest BCUT2D eigenvalue weighted by Gasteiger charge is 2.11. The fourth-order valence-corrected chi connectivity index (χ4v) is 1.47. The number of hydrogen-bond donors (Lipinski definition) is 0. The van der Waals surface area contributed by atoms with E-state index in [9.17, 15) is 5.11 Å². The van der Waals surface area contributed by atoms with E-state index in [1.54, 1.807) is 18.0 Å². The summed E-state index contributed by atoms with van der Waals surface area (Å²) in [7, 11) is 1.62. The first-order valence-electron chi connectivity index (χ1n) is 5.39. The van der Waals surface area contributed by atoms with Crippen molar-refractivity contribution in [1.82, 2.24) is 5.27 Å². The average Bonchev–Trinajstić information content (AvgIpc) is 2.76. The Balaban J connectivity index is 2.08. The fourth-order valence-electron chi connectivity index (χ4n) is 1.47. The summed E-state index contributed by atoms with van der Waals surface area (Å²) in [4.78, 5) is 3.64. The molecule has 94 valence electrons. The number of aromatic nitrogens is 2. The van der Waals surface area contributed by atoms with Crippen LogP contribution in [0.5, 0.6) is 5.75 Å². The van der Waals surface area contributed by atoms with E-state index in [0.717, 1.165) is 11.3 Å². The Hall–Kier alpha value is -2.37. The van der Waals surface area contributed by atoms with Crippen molar-refractivity contribution < 1.29 is 19.0 Å². The van der Waals surface area contributed by atoms with Crippen LogP contribution in [0.2, 0.25) is 0 Å². The molecular weight excluding hydrogens is 234 g/mol. The minimum absolute atomic E-state index is 0.205. The molecule has 18 heavy (non-hydrogen) atoms. The Morgan fingerprint density at radius 2 is 2.17 bits per heavy atom. The first kappa shape index (κ1) is 12.1. The minimum Gasteiger partial charge on any atom is -0.862 e. The summed E-state index contributed by atoms with van der Waals surface area (Å²) in [5, 5.41) is 14.5.